The number of carbonyl (C=O) groups is 3. The predicted octanol–water partition coefficient (Wildman–Crippen LogP) is -0.0373. The zero-order chi connectivity index (χ0) is 23.0. The number of carbonyl (C=O) groups excluding carboxylic acids is 2. The van der Waals surface area contributed by atoms with Crippen molar-refractivity contribution in [3.05, 3.63) is 29.8 Å². The number of carboxylic acids is 1. The average Bonchev–Trinajstić information content (AvgIpc) is 3.22. The summed E-state index contributed by atoms with van der Waals surface area (Å²) in [6.07, 6.45) is 2.41. The van der Waals surface area contributed by atoms with Gasteiger partial charge in [-0.25, -0.2) is 17.9 Å². The number of sulfonamides is 1. The number of nitrogens with one attached hydrogen (secondary N) is 2. The van der Waals surface area contributed by atoms with Gasteiger partial charge in [-0.3, -0.25) is 9.59 Å². The van der Waals surface area contributed by atoms with Gasteiger partial charge in [0.2, 0.25) is 21.8 Å². The van der Waals surface area contributed by atoms with Crippen LogP contribution in [0.4, 0.5) is 0 Å². The van der Waals surface area contributed by atoms with Gasteiger partial charge in [-0.05, 0) is 57.7 Å². The number of aliphatic carboxylic acids is 1. The molecule has 10 nitrogen and oxygen atoms in total. The fourth-order valence-electron chi connectivity index (χ4n) is 3.41. The lowest BCUT2D eigenvalue weighted by atomic mass is 10.1. The number of nitrogens with two attached hydrogens (primary N) is 1. The molecule has 1 aromatic rings. The van der Waals surface area contributed by atoms with Crippen LogP contribution in [0.3, 0.4) is 0 Å². The van der Waals surface area contributed by atoms with Crippen LogP contribution in [0.25, 0.3) is 0 Å². The number of benzene rings is 1. The Morgan fingerprint density at radius 2 is 1.90 bits per heavy atom. The average molecular weight is 455 g/mol. The highest BCUT2D eigenvalue weighted by atomic mass is 32.2. The Hall–Kier alpha value is -2.50. The maximum Gasteiger partial charge on any atom is 0.326 e. The molecule has 0 saturated carbocycles. The third kappa shape index (κ3) is 7.01. The number of hydrogen-bond acceptors (Lipinski definition) is 6. The van der Waals surface area contributed by atoms with Crippen LogP contribution in [0.5, 0.6) is 0 Å². The van der Waals surface area contributed by atoms with Crippen LogP contribution in [0.15, 0.2) is 29.2 Å². The number of carboxylic acid groups (broad SMARTS) is 1. The van der Waals surface area contributed by atoms with E-state index in [1.54, 1.807) is 12.1 Å². The van der Waals surface area contributed by atoms with E-state index in [2.05, 4.69) is 10.0 Å². The lowest BCUT2D eigenvalue weighted by Crippen LogP contribution is -2.52. The molecule has 0 radical (unpaired) electrons. The first kappa shape index (κ1) is 24.8. The summed E-state index contributed by atoms with van der Waals surface area (Å²) >= 11 is 0. The van der Waals surface area contributed by atoms with Gasteiger partial charge in [0, 0.05) is 6.54 Å². The van der Waals surface area contributed by atoms with E-state index in [1.807, 2.05) is 6.92 Å². The molecule has 1 aliphatic heterocycles. The summed E-state index contributed by atoms with van der Waals surface area (Å²) in [6.45, 7) is 2.08. The maximum atomic E-state index is 12.6. The van der Waals surface area contributed by atoms with Crippen molar-refractivity contribution in [2.75, 3.05) is 19.6 Å². The normalized spacial score (nSPS) is 17.4. The van der Waals surface area contributed by atoms with E-state index in [0.29, 0.717) is 38.8 Å². The maximum absolute atomic E-state index is 12.6. The molecule has 0 aromatic heterocycles. The Bertz CT molecular complexity index is 887. The first-order chi connectivity index (χ1) is 14.7. The largest absolute Gasteiger partial charge is 0.480 e. The monoisotopic (exact) mass is 454 g/mol. The summed E-state index contributed by atoms with van der Waals surface area (Å²) in [6, 6.07) is 4.33. The Kier molecular flexibility index (Phi) is 8.96. The molecule has 2 amide bonds. The van der Waals surface area contributed by atoms with Crippen LogP contribution >= 0.6 is 0 Å². The zero-order valence-corrected chi connectivity index (χ0v) is 18.4. The van der Waals surface area contributed by atoms with Gasteiger partial charge < -0.3 is 21.1 Å². The van der Waals surface area contributed by atoms with Crippen LogP contribution in [-0.4, -0.2) is 67.9 Å². The summed E-state index contributed by atoms with van der Waals surface area (Å²) in [5.74, 6) is -2.23. The number of nitrogens with zero attached hydrogens (tertiary/aromatic N) is 1. The van der Waals surface area contributed by atoms with Gasteiger partial charge in [0.05, 0.1) is 11.4 Å². The highest BCUT2D eigenvalue weighted by molar-refractivity contribution is 7.89. The second-order valence-electron chi connectivity index (χ2n) is 7.57. The fourth-order valence-corrected chi connectivity index (χ4v) is 4.39. The van der Waals surface area contributed by atoms with Gasteiger partial charge in [-0.2, -0.15) is 0 Å². The minimum atomic E-state index is -3.87. The van der Waals surface area contributed by atoms with Crippen LogP contribution < -0.4 is 15.8 Å². The van der Waals surface area contributed by atoms with Crippen molar-refractivity contribution >= 4 is 27.8 Å². The van der Waals surface area contributed by atoms with Crippen molar-refractivity contribution in [3.63, 3.8) is 0 Å². The SMILES string of the molecule is Cc1ccc(S(=O)(=O)NCC(=O)N2CCC[C@H]2C(=O)N[C@@H](CCCCN)C(=O)O)cc1. The Labute approximate surface area is 182 Å². The van der Waals surface area contributed by atoms with Gasteiger partial charge in [-0.15, -0.1) is 0 Å². The molecule has 1 aromatic carbocycles. The molecule has 11 heteroatoms. The molecule has 0 aliphatic carbocycles. The van der Waals surface area contributed by atoms with Crippen molar-refractivity contribution in [3.8, 4) is 0 Å². The molecule has 0 bridgehead atoms. The molecule has 172 valence electrons. The van der Waals surface area contributed by atoms with Crippen molar-refractivity contribution in [1.29, 1.82) is 0 Å². The predicted molar refractivity (Wildman–Crippen MR) is 114 cm³/mol. The molecule has 1 fully saturated rings. The topological polar surface area (TPSA) is 159 Å². The van der Waals surface area contributed by atoms with Crippen molar-refractivity contribution < 1.29 is 27.9 Å². The van der Waals surface area contributed by atoms with E-state index >= 15 is 0 Å². The van der Waals surface area contributed by atoms with E-state index in [4.69, 9.17) is 5.73 Å². The van der Waals surface area contributed by atoms with Gasteiger partial charge in [-0.1, -0.05) is 17.7 Å². The van der Waals surface area contributed by atoms with Crippen LogP contribution in [-0.2, 0) is 24.4 Å². The molecule has 5 N–H and O–H groups in total. The van der Waals surface area contributed by atoms with Crippen molar-refractivity contribution in [2.45, 2.75) is 56.0 Å². The second kappa shape index (κ2) is 11.2. The second-order valence-corrected chi connectivity index (χ2v) is 9.33. The summed E-state index contributed by atoms with van der Waals surface area (Å²) in [5, 5.41) is 11.8. The molecule has 2 rings (SSSR count). The number of hydrogen-bond donors (Lipinski definition) is 4. The van der Waals surface area contributed by atoms with Crippen LogP contribution in [0.2, 0.25) is 0 Å². The fraction of sp³-hybridized carbons (Fsp3) is 0.550. The lowest BCUT2D eigenvalue weighted by molar-refractivity contribution is -0.143. The molecule has 31 heavy (non-hydrogen) atoms. The van der Waals surface area contributed by atoms with E-state index in [9.17, 15) is 27.9 Å². The van der Waals surface area contributed by atoms with E-state index in [-0.39, 0.29) is 11.3 Å². The Morgan fingerprint density at radius 3 is 2.52 bits per heavy atom. The number of aryl methyl sites for hydroxylation is 1. The third-order valence-corrected chi connectivity index (χ3v) is 6.60. The van der Waals surface area contributed by atoms with Crippen molar-refractivity contribution in [2.24, 2.45) is 5.73 Å². The number of rotatable bonds is 11. The van der Waals surface area contributed by atoms with E-state index in [0.717, 1.165) is 5.56 Å². The minimum Gasteiger partial charge on any atom is -0.480 e. The lowest BCUT2D eigenvalue weighted by Gasteiger charge is -2.25. The first-order valence-electron chi connectivity index (χ1n) is 10.2. The molecule has 1 aliphatic rings. The Morgan fingerprint density at radius 1 is 1.23 bits per heavy atom. The van der Waals surface area contributed by atoms with E-state index < -0.39 is 46.4 Å². The standard InChI is InChI=1S/C20H30N4O6S/c1-14-7-9-15(10-8-14)31(29,30)22-13-18(25)24-12-4-6-17(24)19(26)23-16(20(27)28)5-2-3-11-21/h7-10,16-17,22H,2-6,11-13,21H2,1H3,(H,23,26)(H,27,28)/t16-,17-/m0/s1. The first-order valence-corrected chi connectivity index (χ1v) is 11.7. The van der Waals surface area contributed by atoms with Crippen LogP contribution in [0, 0.1) is 6.92 Å². The third-order valence-electron chi connectivity index (χ3n) is 5.18. The van der Waals surface area contributed by atoms with Gasteiger partial charge in [0.25, 0.3) is 0 Å². The van der Waals surface area contributed by atoms with Crippen molar-refractivity contribution in [1.82, 2.24) is 14.9 Å². The van der Waals surface area contributed by atoms with Gasteiger partial charge in [0.1, 0.15) is 12.1 Å². The Balaban J connectivity index is 1.96. The number of likely N-dealkylation sites (tertiary alicyclic amines) is 1. The zero-order valence-electron chi connectivity index (χ0n) is 17.5. The summed E-state index contributed by atoms with van der Waals surface area (Å²) in [4.78, 5) is 38.0. The number of amides is 2. The molecule has 0 spiro atoms. The molecule has 0 unspecified atom stereocenters. The van der Waals surface area contributed by atoms with Crippen LogP contribution in [0.1, 0.15) is 37.7 Å². The summed E-state index contributed by atoms with van der Waals surface area (Å²) < 4.78 is 27.0. The summed E-state index contributed by atoms with van der Waals surface area (Å²) in [5.41, 5.74) is 6.32. The number of unbranched alkanes of at least 4 members (excludes halogenated alkanes) is 1. The highest BCUT2D eigenvalue weighted by Crippen LogP contribution is 2.18. The quantitative estimate of drug-likeness (QED) is 0.341. The molecule has 1 heterocycles. The molecular weight excluding hydrogens is 424 g/mol. The van der Waals surface area contributed by atoms with Gasteiger partial charge in [0.15, 0.2) is 0 Å². The minimum absolute atomic E-state index is 0.0448. The molecule has 1 saturated heterocycles. The highest BCUT2D eigenvalue weighted by Gasteiger charge is 2.36. The smallest absolute Gasteiger partial charge is 0.326 e. The summed E-state index contributed by atoms with van der Waals surface area (Å²) in [7, 11) is -3.87. The van der Waals surface area contributed by atoms with E-state index in [1.165, 1.54) is 17.0 Å². The molecule has 2 atom stereocenters. The van der Waals surface area contributed by atoms with Gasteiger partial charge >= 0.3 is 5.97 Å². The molecular formula is C20H30N4O6S.